The van der Waals surface area contributed by atoms with Gasteiger partial charge in [0.05, 0.1) is 0 Å². The lowest BCUT2D eigenvalue weighted by Crippen LogP contribution is -2.59. The van der Waals surface area contributed by atoms with E-state index in [1.54, 1.807) is 16.3 Å². The van der Waals surface area contributed by atoms with Crippen LogP contribution >= 0.6 is 22.9 Å². The summed E-state index contributed by atoms with van der Waals surface area (Å²) in [5.41, 5.74) is 1.23. The SMILES string of the molecule is Cc1cnc(-c2nc3c(nc2Cl)C(N2CCCC2)=NC(N2CCNCC2)N3N)s1. The number of aromatic nitrogens is 3. The maximum Gasteiger partial charge on any atom is 0.195 e. The fourth-order valence-electron chi connectivity index (χ4n) is 4.01. The summed E-state index contributed by atoms with van der Waals surface area (Å²) in [6.07, 6.45) is 3.81. The van der Waals surface area contributed by atoms with Crippen LogP contribution in [0.15, 0.2) is 11.2 Å². The lowest BCUT2D eigenvalue weighted by atomic mass is 10.2. The van der Waals surface area contributed by atoms with Gasteiger partial charge in [-0.2, -0.15) is 0 Å². The van der Waals surface area contributed by atoms with Crippen LogP contribution in [0.25, 0.3) is 10.7 Å². The maximum atomic E-state index is 6.57. The molecule has 3 aliphatic heterocycles. The van der Waals surface area contributed by atoms with Gasteiger partial charge in [0.1, 0.15) is 10.7 Å². The van der Waals surface area contributed by atoms with Gasteiger partial charge in [0.15, 0.2) is 28.8 Å². The number of piperazine rings is 1. The molecule has 2 aromatic rings. The highest BCUT2D eigenvalue weighted by Crippen LogP contribution is 2.34. The third kappa shape index (κ3) is 3.49. The molecule has 1 unspecified atom stereocenters. The second-order valence-electron chi connectivity index (χ2n) is 7.50. The van der Waals surface area contributed by atoms with E-state index in [4.69, 9.17) is 32.4 Å². The van der Waals surface area contributed by atoms with E-state index in [1.807, 2.05) is 13.1 Å². The van der Waals surface area contributed by atoms with Crippen molar-refractivity contribution in [2.75, 3.05) is 44.3 Å². The number of fused-ring (bicyclic) bond motifs is 1. The van der Waals surface area contributed by atoms with Gasteiger partial charge in [0.2, 0.25) is 0 Å². The first kappa shape index (κ1) is 19.1. The van der Waals surface area contributed by atoms with E-state index in [9.17, 15) is 0 Å². The molecule has 3 N–H and O–H groups in total. The standard InChI is InChI=1S/C18H24ClN9S/c1-11-10-22-17(29-11)12-14(19)23-13-15(26-6-2-3-7-26)25-18(28(20)16(13)24-12)27-8-4-21-5-9-27/h10,18,21H,2-9,20H2,1H3. The minimum Gasteiger partial charge on any atom is -0.355 e. The topological polar surface area (TPSA) is 98.8 Å². The second kappa shape index (κ2) is 7.77. The van der Waals surface area contributed by atoms with Crippen molar-refractivity contribution in [2.24, 2.45) is 10.8 Å². The Morgan fingerprint density at radius 1 is 1.14 bits per heavy atom. The van der Waals surface area contributed by atoms with Crippen LogP contribution < -0.4 is 16.2 Å². The van der Waals surface area contributed by atoms with E-state index < -0.39 is 0 Å². The number of aryl methyl sites for hydroxylation is 1. The zero-order valence-electron chi connectivity index (χ0n) is 16.3. The van der Waals surface area contributed by atoms with Gasteiger partial charge in [0, 0.05) is 50.3 Å². The molecule has 2 fully saturated rings. The van der Waals surface area contributed by atoms with E-state index in [0.29, 0.717) is 22.4 Å². The zero-order valence-corrected chi connectivity index (χ0v) is 17.9. The van der Waals surface area contributed by atoms with E-state index in [0.717, 1.165) is 67.8 Å². The largest absolute Gasteiger partial charge is 0.355 e. The summed E-state index contributed by atoms with van der Waals surface area (Å²) >= 11 is 8.10. The number of aliphatic imine (C=N–C) groups is 1. The van der Waals surface area contributed by atoms with Crippen LogP contribution in [-0.4, -0.2) is 76.1 Å². The molecular formula is C18H24ClN9S. The van der Waals surface area contributed by atoms with Crippen molar-refractivity contribution in [3.8, 4) is 10.7 Å². The van der Waals surface area contributed by atoms with Crippen molar-refractivity contribution < 1.29 is 0 Å². The van der Waals surface area contributed by atoms with Crippen molar-refractivity contribution in [1.82, 2.24) is 30.1 Å². The molecule has 2 saturated heterocycles. The molecule has 0 amide bonds. The Kier molecular flexibility index (Phi) is 5.12. The molecular weight excluding hydrogens is 410 g/mol. The first-order chi connectivity index (χ1) is 14.1. The number of rotatable bonds is 2. The normalized spacial score (nSPS) is 22.7. The summed E-state index contributed by atoms with van der Waals surface area (Å²) in [6, 6.07) is 0. The van der Waals surface area contributed by atoms with Crippen molar-refractivity contribution in [1.29, 1.82) is 0 Å². The predicted molar refractivity (Wildman–Crippen MR) is 115 cm³/mol. The quantitative estimate of drug-likeness (QED) is 0.683. The first-order valence-corrected chi connectivity index (χ1v) is 11.1. The van der Waals surface area contributed by atoms with Crippen LogP contribution in [-0.2, 0) is 0 Å². The molecule has 0 aromatic carbocycles. The monoisotopic (exact) mass is 433 g/mol. The number of hydrazine groups is 1. The van der Waals surface area contributed by atoms with Gasteiger partial charge in [-0.25, -0.2) is 25.8 Å². The van der Waals surface area contributed by atoms with Crippen LogP contribution in [0, 0.1) is 6.92 Å². The van der Waals surface area contributed by atoms with Crippen molar-refractivity contribution in [2.45, 2.75) is 26.1 Å². The Bertz CT molecular complexity index is 933. The fourth-order valence-corrected chi connectivity index (χ4v) is 5.04. The number of hydrogen-bond acceptors (Lipinski definition) is 10. The van der Waals surface area contributed by atoms with Gasteiger partial charge in [-0.05, 0) is 19.8 Å². The van der Waals surface area contributed by atoms with Crippen molar-refractivity contribution in [3.63, 3.8) is 0 Å². The highest BCUT2D eigenvalue weighted by molar-refractivity contribution is 7.15. The van der Waals surface area contributed by atoms with Crippen molar-refractivity contribution >= 4 is 34.6 Å². The number of nitrogens with two attached hydrogens (primary N) is 1. The van der Waals surface area contributed by atoms with Gasteiger partial charge in [-0.15, -0.1) is 11.3 Å². The summed E-state index contributed by atoms with van der Waals surface area (Å²) in [6.45, 7) is 7.53. The average Bonchev–Trinajstić information content (AvgIpc) is 3.41. The molecule has 0 radical (unpaired) electrons. The summed E-state index contributed by atoms with van der Waals surface area (Å²) in [5, 5.41) is 6.10. The molecule has 11 heteroatoms. The predicted octanol–water partition coefficient (Wildman–Crippen LogP) is 1.29. The molecule has 1 atom stereocenters. The van der Waals surface area contributed by atoms with Crippen LogP contribution in [0.4, 0.5) is 5.82 Å². The number of anilines is 1. The molecule has 154 valence electrons. The minimum absolute atomic E-state index is 0.304. The van der Waals surface area contributed by atoms with Crippen LogP contribution in [0.3, 0.4) is 0 Å². The number of nitrogens with zero attached hydrogens (tertiary/aromatic N) is 7. The van der Waals surface area contributed by atoms with Crippen LogP contribution in [0.5, 0.6) is 0 Å². The van der Waals surface area contributed by atoms with E-state index in [1.165, 1.54) is 0 Å². The third-order valence-electron chi connectivity index (χ3n) is 5.49. The number of thiazole rings is 1. The Hall–Kier alpha value is -1.85. The zero-order chi connectivity index (χ0) is 20.0. The first-order valence-electron chi connectivity index (χ1n) is 9.94. The molecule has 5 heterocycles. The Labute approximate surface area is 178 Å². The number of halogens is 1. The lowest BCUT2D eigenvalue weighted by molar-refractivity contribution is 0.169. The molecule has 0 bridgehead atoms. The van der Waals surface area contributed by atoms with Crippen LogP contribution in [0.2, 0.25) is 5.15 Å². The highest BCUT2D eigenvalue weighted by atomic mass is 35.5. The molecule has 0 aliphatic carbocycles. The molecule has 29 heavy (non-hydrogen) atoms. The number of nitrogens with one attached hydrogen (secondary N) is 1. The Morgan fingerprint density at radius 3 is 2.59 bits per heavy atom. The summed E-state index contributed by atoms with van der Waals surface area (Å²) in [5.74, 6) is 8.02. The van der Waals surface area contributed by atoms with E-state index in [2.05, 4.69) is 20.1 Å². The molecule has 0 saturated carbocycles. The highest BCUT2D eigenvalue weighted by Gasteiger charge is 2.37. The number of likely N-dealkylation sites (tertiary alicyclic amines) is 1. The molecule has 0 spiro atoms. The number of amidine groups is 1. The van der Waals surface area contributed by atoms with Crippen molar-refractivity contribution in [3.05, 3.63) is 21.9 Å². The summed E-state index contributed by atoms with van der Waals surface area (Å²) < 4.78 is 0. The molecule has 3 aliphatic rings. The van der Waals surface area contributed by atoms with Gasteiger partial charge in [0.25, 0.3) is 0 Å². The average molecular weight is 434 g/mol. The van der Waals surface area contributed by atoms with Crippen LogP contribution in [0.1, 0.15) is 23.4 Å². The summed E-state index contributed by atoms with van der Waals surface area (Å²) in [4.78, 5) is 24.7. The summed E-state index contributed by atoms with van der Waals surface area (Å²) in [7, 11) is 0. The Morgan fingerprint density at radius 2 is 1.90 bits per heavy atom. The molecule has 5 rings (SSSR count). The number of hydrogen-bond donors (Lipinski definition) is 2. The van der Waals surface area contributed by atoms with Gasteiger partial charge >= 0.3 is 0 Å². The van der Waals surface area contributed by atoms with Gasteiger partial charge < -0.3 is 10.2 Å². The van der Waals surface area contributed by atoms with Gasteiger partial charge in [-0.3, -0.25) is 9.91 Å². The third-order valence-corrected chi connectivity index (χ3v) is 6.67. The molecule has 9 nitrogen and oxygen atoms in total. The Balaban J connectivity index is 1.61. The van der Waals surface area contributed by atoms with Gasteiger partial charge in [-0.1, -0.05) is 11.6 Å². The fraction of sp³-hybridized carbons (Fsp3) is 0.556. The second-order valence-corrected chi connectivity index (χ2v) is 9.09. The smallest absolute Gasteiger partial charge is 0.195 e. The lowest BCUT2D eigenvalue weighted by Gasteiger charge is -2.41. The minimum atomic E-state index is -0.304. The van der Waals surface area contributed by atoms with E-state index in [-0.39, 0.29) is 6.29 Å². The van der Waals surface area contributed by atoms with E-state index >= 15 is 0 Å². The molecule has 2 aromatic heterocycles. The maximum absolute atomic E-state index is 6.57.